The Labute approximate surface area is 182 Å². The van der Waals surface area contributed by atoms with Crippen LogP contribution in [0.15, 0.2) is 41.5 Å². The second-order valence-electron chi connectivity index (χ2n) is 6.29. The number of carbonyl (C=O) groups excluding carboxylic acids is 1. The van der Waals surface area contributed by atoms with Gasteiger partial charge >= 0.3 is 0 Å². The summed E-state index contributed by atoms with van der Waals surface area (Å²) in [6.45, 7) is 6.25. The molecule has 154 valence electrons. The molecule has 0 aromatic heterocycles. The zero-order chi connectivity index (χ0) is 21.4. The summed E-state index contributed by atoms with van der Waals surface area (Å²) < 4.78 is 12.3. The van der Waals surface area contributed by atoms with E-state index in [1.807, 2.05) is 26.8 Å². The number of ether oxygens (including phenoxy) is 2. The number of nitro benzene ring substituents is 1. The molecule has 2 aromatic rings. The first-order chi connectivity index (χ1) is 13.8. The zero-order valence-corrected chi connectivity index (χ0v) is 18.5. The van der Waals surface area contributed by atoms with Gasteiger partial charge in [0, 0.05) is 11.6 Å². The molecule has 0 atom stereocenters. The molecule has 1 amide bonds. The second kappa shape index (κ2) is 10.7. The van der Waals surface area contributed by atoms with Crippen molar-refractivity contribution in [2.45, 2.75) is 33.3 Å². The van der Waals surface area contributed by atoms with Crippen molar-refractivity contribution in [1.82, 2.24) is 5.43 Å². The number of hydrogen-bond acceptors (Lipinski definition) is 6. The Balaban J connectivity index is 2.10. The summed E-state index contributed by atoms with van der Waals surface area (Å²) in [4.78, 5) is 22.6. The highest BCUT2D eigenvalue weighted by atomic mass is 127. The fourth-order valence-corrected chi connectivity index (χ4v) is 3.26. The van der Waals surface area contributed by atoms with Crippen LogP contribution in [0.25, 0.3) is 0 Å². The summed E-state index contributed by atoms with van der Waals surface area (Å²) in [6, 6.07) is 9.76. The number of hydrogen-bond donors (Lipinski definition) is 1. The normalized spacial score (nSPS) is 10.9. The molecule has 2 rings (SSSR count). The average molecular weight is 511 g/mol. The Morgan fingerprint density at radius 3 is 2.72 bits per heavy atom. The summed E-state index contributed by atoms with van der Waals surface area (Å²) >= 11 is 2.16. The summed E-state index contributed by atoms with van der Waals surface area (Å²) in [5.74, 6) is 0.816. The monoisotopic (exact) mass is 511 g/mol. The Morgan fingerprint density at radius 2 is 2.07 bits per heavy atom. The lowest BCUT2D eigenvalue weighted by atomic mass is 10.1. The van der Waals surface area contributed by atoms with Gasteiger partial charge in [0.1, 0.15) is 0 Å². The third-order valence-electron chi connectivity index (χ3n) is 3.63. The van der Waals surface area contributed by atoms with Crippen molar-refractivity contribution < 1.29 is 19.2 Å². The van der Waals surface area contributed by atoms with E-state index in [-0.39, 0.29) is 18.2 Å². The number of carbonyl (C=O) groups is 1. The van der Waals surface area contributed by atoms with E-state index in [2.05, 4.69) is 33.1 Å². The van der Waals surface area contributed by atoms with Gasteiger partial charge < -0.3 is 9.47 Å². The fraction of sp³-hybridized carbons (Fsp3) is 0.300. The van der Waals surface area contributed by atoms with Gasteiger partial charge in [-0.1, -0.05) is 18.2 Å². The molecule has 0 aliphatic rings. The lowest BCUT2D eigenvalue weighted by Crippen LogP contribution is -2.20. The zero-order valence-electron chi connectivity index (χ0n) is 16.3. The largest absolute Gasteiger partial charge is 0.490 e. The topological polar surface area (TPSA) is 103 Å². The quantitative estimate of drug-likeness (QED) is 0.237. The van der Waals surface area contributed by atoms with Crippen molar-refractivity contribution in [3.63, 3.8) is 0 Å². The van der Waals surface area contributed by atoms with Crippen LogP contribution in [0.1, 0.15) is 31.9 Å². The van der Waals surface area contributed by atoms with Crippen LogP contribution in [0, 0.1) is 13.7 Å². The molecule has 0 heterocycles. The van der Waals surface area contributed by atoms with Gasteiger partial charge in [-0.25, -0.2) is 5.43 Å². The number of nitrogens with one attached hydrogen (secondary N) is 1. The maximum atomic E-state index is 12.1. The summed E-state index contributed by atoms with van der Waals surface area (Å²) in [5, 5.41) is 15.0. The molecule has 2 aromatic carbocycles. The van der Waals surface area contributed by atoms with Crippen molar-refractivity contribution in [1.29, 1.82) is 0 Å². The average Bonchev–Trinajstić information content (AvgIpc) is 2.65. The second-order valence-corrected chi connectivity index (χ2v) is 7.45. The van der Waals surface area contributed by atoms with Crippen LogP contribution < -0.4 is 14.9 Å². The third-order valence-corrected chi connectivity index (χ3v) is 4.43. The number of benzene rings is 2. The minimum absolute atomic E-state index is 0.00331. The van der Waals surface area contributed by atoms with Crippen molar-refractivity contribution in [2.24, 2.45) is 5.10 Å². The highest BCUT2D eigenvalue weighted by Gasteiger charge is 2.15. The lowest BCUT2D eigenvalue weighted by molar-refractivity contribution is -0.385. The predicted octanol–water partition coefficient (Wildman–Crippen LogP) is 4.08. The Morgan fingerprint density at radius 1 is 1.34 bits per heavy atom. The molecule has 0 unspecified atom stereocenters. The van der Waals surface area contributed by atoms with E-state index < -0.39 is 10.8 Å². The smallest absolute Gasteiger partial charge is 0.273 e. The van der Waals surface area contributed by atoms with Crippen LogP contribution in [-0.4, -0.2) is 29.8 Å². The van der Waals surface area contributed by atoms with Crippen molar-refractivity contribution >= 4 is 40.4 Å². The number of halogens is 1. The number of amides is 1. The number of hydrazone groups is 1. The Bertz CT molecular complexity index is 915. The molecule has 0 spiro atoms. The van der Waals surface area contributed by atoms with Gasteiger partial charge in [0.15, 0.2) is 11.5 Å². The fourth-order valence-electron chi connectivity index (χ4n) is 2.51. The first-order valence-corrected chi connectivity index (χ1v) is 10.1. The summed E-state index contributed by atoms with van der Waals surface area (Å²) in [6.07, 6.45) is 1.35. The minimum Gasteiger partial charge on any atom is -0.490 e. The molecule has 0 saturated carbocycles. The van der Waals surface area contributed by atoms with E-state index in [1.54, 1.807) is 24.3 Å². The first-order valence-electron chi connectivity index (χ1n) is 8.99. The Hall–Kier alpha value is -2.69. The summed E-state index contributed by atoms with van der Waals surface area (Å²) in [5.41, 5.74) is 3.35. The molecule has 8 nitrogen and oxygen atoms in total. The van der Waals surface area contributed by atoms with Crippen LogP contribution >= 0.6 is 22.6 Å². The standard InChI is InChI=1S/C20H22IN3O5/c1-4-28-18-10-14(9-16(21)20(18)29-13(2)3)12-22-23-19(25)11-15-7-5-6-8-17(15)24(26)27/h5-10,12-13H,4,11H2,1-3H3,(H,23,25)/b22-12+. The van der Waals surface area contributed by atoms with Crippen molar-refractivity contribution in [3.05, 3.63) is 61.2 Å². The Kier molecular flexibility index (Phi) is 8.37. The van der Waals surface area contributed by atoms with E-state index in [9.17, 15) is 14.9 Å². The van der Waals surface area contributed by atoms with Gasteiger partial charge in [0.2, 0.25) is 5.91 Å². The molecule has 0 bridgehead atoms. The van der Waals surface area contributed by atoms with E-state index in [1.165, 1.54) is 12.3 Å². The van der Waals surface area contributed by atoms with Crippen LogP contribution in [-0.2, 0) is 11.2 Å². The van der Waals surface area contributed by atoms with E-state index in [0.29, 0.717) is 23.7 Å². The number of para-hydroxylation sites is 1. The van der Waals surface area contributed by atoms with E-state index in [4.69, 9.17) is 9.47 Å². The molecule has 0 aliphatic carbocycles. The minimum atomic E-state index is -0.510. The molecule has 9 heteroatoms. The molecule has 29 heavy (non-hydrogen) atoms. The predicted molar refractivity (Wildman–Crippen MR) is 119 cm³/mol. The molecule has 0 fully saturated rings. The molecule has 0 saturated heterocycles. The van der Waals surface area contributed by atoms with Crippen molar-refractivity contribution in [2.75, 3.05) is 6.61 Å². The van der Waals surface area contributed by atoms with Crippen LogP contribution in [0.3, 0.4) is 0 Å². The maximum absolute atomic E-state index is 12.1. The van der Waals surface area contributed by atoms with Crippen LogP contribution in [0.4, 0.5) is 5.69 Å². The number of rotatable bonds is 9. The molecule has 1 N–H and O–H groups in total. The van der Waals surface area contributed by atoms with E-state index in [0.717, 1.165) is 9.13 Å². The number of nitro groups is 1. The maximum Gasteiger partial charge on any atom is 0.273 e. The van der Waals surface area contributed by atoms with Crippen LogP contribution in [0.5, 0.6) is 11.5 Å². The molecular weight excluding hydrogens is 489 g/mol. The van der Waals surface area contributed by atoms with Gasteiger partial charge in [-0.3, -0.25) is 14.9 Å². The molecule has 0 radical (unpaired) electrons. The highest BCUT2D eigenvalue weighted by Crippen LogP contribution is 2.34. The lowest BCUT2D eigenvalue weighted by Gasteiger charge is -2.16. The molecule has 0 aliphatic heterocycles. The number of nitrogens with zero attached hydrogens (tertiary/aromatic N) is 2. The SMILES string of the molecule is CCOc1cc(/C=N/NC(=O)Cc2ccccc2[N+](=O)[O-])cc(I)c1OC(C)C. The van der Waals surface area contributed by atoms with Crippen LogP contribution in [0.2, 0.25) is 0 Å². The molecular formula is C20H22IN3O5. The van der Waals surface area contributed by atoms with Gasteiger partial charge in [0.05, 0.1) is 33.8 Å². The van der Waals surface area contributed by atoms with E-state index >= 15 is 0 Å². The van der Waals surface area contributed by atoms with Gasteiger partial charge in [-0.15, -0.1) is 0 Å². The third kappa shape index (κ3) is 6.70. The first kappa shape index (κ1) is 22.6. The van der Waals surface area contributed by atoms with Crippen molar-refractivity contribution in [3.8, 4) is 11.5 Å². The van der Waals surface area contributed by atoms with Gasteiger partial charge in [0.25, 0.3) is 5.69 Å². The highest BCUT2D eigenvalue weighted by molar-refractivity contribution is 14.1. The van der Waals surface area contributed by atoms with Gasteiger partial charge in [-0.05, 0) is 61.1 Å². The summed E-state index contributed by atoms with van der Waals surface area (Å²) in [7, 11) is 0. The van der Waals surface area contributed by atoms with Gasteiger partial charge in [-0.2, -0.15) is 5.10 Å².